The summed E-state index contributed by atoms with van der Waals surface area (Å²) in [7, 11) is 0. The first kappa shape index (κ1) is 13.4. The van der Waals surface area contributed by atoms with Crippen LogP contribution in [-0.4, -0.2) is 26.3 Å². The normalized spacial score (nSPS) is 17.1. The molecule has 2 nitrogen and oxygen atoms in total. The standard InChI is InChI=1S/C16H25NO/c1-12-10-14(16(3,4)5)11-13(2)15(12)17-6-8-18-9-7-17/h10-11H,6-9H2,1-5H3. The predicted molar refractivity (Wildman–Crippen MR) is 77.6 cm³/mol. The Bertz CT molecular complexity index is 402. The van der Waals surface area contributed by atoms with Crippen molar-refractivity contribution in [3.63, 3.8) is 0 Å². The first-order valence-electron chi connectivity index (χ1n) is 6.84. The van der Waals surface area contributed by atoms with Gasteiger partial charge in [0.25, 0.3) is 0 Å². The average Bonchev–Trinajstić information content (AvgIpc) is 2.28. The Labute approximate surface area is 111 Å². The molecule has 1 aliphatic heterocycles. The zero-order valence-corrected chi connectivity index (χ0v) is 12.3. The largest absolute Gasteiger partial charge is 0.378 e. The Hall–Kier alpha value is -1.02. The molecule has 0 N–H and O–H groups in total. The van der Waals surface area contributed by atoms with Crippen LogP contribution in [0.15, 0.2) is 12.1 Å². The lowest BCUT2D eigenvalue weighted by Gasteiger charge is -2.32. The van der Waals surface area contributed by atoms with E-state index < -0.39 is 0 Å². The lowest BCUT2D eigenvalue weighted by Crippen LogP contribution is -2.37. The number of nitrogens with zero attached hydrogens (tertiary/aromatic N) is 1. The van der Waals surface area contributed by atoms with E-state index in [-0.39, 0.29) is 5.41 Å². The van der Waals surface area contributed by atoms with Gasteiger partial charge in [0.05, 0.1) is 13.2 Å². The van der Waals surface area contributed by atoms with Crippen molar-refractivity contribution in [1.82, 2.24) is 0 Å². The topological polar surface area (TPSA) is 12.5 Å². The van der Waals surface area contributed by atoms with Crippen LogP contribution in [0.3, 0.4) is 0 Å². The number of morpholine rings is 1. The zero-order valence-electron chi connectivity index (χ0n) is 12.3. The molecule has 0 spiro atoms. The van der Waals surface area contributed by atoms with Crippen LogP contribution in [0.4, 0.5) is 5.69 Å². The highest BCUT2D eigenvalue weighted by atomic mass is 16.5. The molecule has 0 bridgehead atoms. The van der Waals surface area contributed by atoms with Crippen LogP contribution in [0.5, 0.6) is 0 Å². The summed E-state index contributed by atoms with van der Waals surface area (Å²) in [6.07, 6.45) is 0. The second kappa shape index (κ2) is 4.93. The molecule has 0 aliphatic carbocycles. The van der Waals surface area contributed by atoms with Crippen molar-refractivity contribution < 1.29 is 4.74 Å². The number of aryl methyl sites for hydroxylation is 2. The molecule has 0 amide bonds. The van der Waals surface area contributed by atoms with E-state index >= 15 is 0 Å². The summed E-state index contributed by atoms with van der Waals surface area (Å²) >= 11 is 0. The minimum absolute atomic E-state index is 0.221. The van der Waals surface area contributed by atoms with E-state index in [1.165, 1.54) is 22.4 Å². The highest BCUT2D eigenvalue weighted by Gasteiger charge is 2.20. The SMILES string of the molecule is Cc1cc(C(C)(C)C)cc(C)c1N1CCOCC1. The maximum absolute atomic E-state index is 5.44. The fraction of sp³-hybridized carbons (Fsp3) is 0.625. The molecule has 100 valence electrons. The molecule has 0 saturated carbocycles. The third-order valence-corrected chi connectivity index (χ3v) is 3.68. The van der Waals surface area contributed by atoms with Gasteiger partial charge in [-0.05, 0) is 36.0 Å². The van der Waals surface area contributed by atoms with Crippen LogP contribution < -0.4 is 4.90 Å². The van der Waals surface area contributed by atoms with Gasteiger partial charge >= 0.3 is 0 Å². The van der Waals surface area contributed by atoms with E-state index in [4.69, 9.17) is 4.74 Å². The van der Waals surface area contributed by atoms with Gasteiger partial charge in [-0.1, -0.05) is 32.9 Å². The van der Waals surface area contributed by atoms with Gasteiger partial charge in [0.2, 0.25) is 0 Å². The summed E-state index contributed by atoms with van der Waals surface area (Å²) in [4.78, 5) is 2.46. The van der Waals surface area contributed by atoms with Crippen molar-refractivity contribution in [3.8, 4) is 0 Å². The minimum Gasteiger partial charge on any atom is -0.378 e. The molecular formula is C16H25NO. The molecule has 1 aromatic rings. The first-order chi connectivity index (χ1) is 8.39. The molecule has 2 rings (SSSR count). The lowest BCUT2D eigenvalue weighted by atomic mass is 9.84. The molecule has 18 heavy (non-hydrogen) atoms. The van der Waals surface area contributed by atoms with Crippen LogP contribution in [0.25, 0.3) is 0 Å². The minimum atomic E-state index is 0.221. The van der Waals surface area contributed by atoms with Crippen LogP contribution in [0, 0.1) is 13.8 Å². The third-order valence-electron chi connectivity index (χ3n) is 3.68. The van der Waals surface area contributed by atoms with Crippen LogP contribution in [0.1, 0.15) is 37.5 Å². The number of hydrogen-bond donors (Lipinski definition) is 0. The van der Waals surface area contributed by atoms with Crippen molar-refractivity contribution >= 4 is 5.69 Å². The summed E-state index contributed by atoms with van der Waals surface area (Å²) in [5, 5.41) is 0. The number of hydrogen-bond acceptors (Lipinski definition) is 2. The number of ether oxygens (including phenoxy) is 1. The van der Waals surface area contributed by atoms with Crippen molar-refractivity contribution in [2.24, 2.45) is 0 Å². The number of anilines is 1. The molecule has 0 unspecified atom stereocenters. The Morgan fingerprint density at radius 2 is 1.50 bits per heavy atom. The van der Waals surface area contributed by atoms with Crippen molar-refractivity contribution in [1.29, 1.82) is 0 Å². The Kier molecular flexibility index (Phi) is 3.67. The van der Waals surface area contributed by atoms with Crippen molar-refractivity contribution in [2.75, 3.05) is 31.2 Å². The van der Waals surface area contributed by atoms with E-state index in [2.05, 4.69) is 51.7 Å². The quantitative estimate of drug-likeness (QED) is 0.754. The van der Waals surface area contributed by atoms with E-state index in [0.29, 0.717) is 0 Å². The summed E-state index contributed by atoms with van der Waals surface area (Å²) < 4.78 is 5.44. The van der Waals surface area contributed by atoms with Gasteiger partial charge in [-0.25, -0.2) is 0 Å². The smallest absolute Gasteiger partial charge is 0.0642 e. The summed E-state index contributed by atoms with van der Waals surface area (Å²) in [5.41, 5.74) is 5.84. The van der Waals surface area contributed by atoms with Gasteiger partial charge in [-0.3, -0.25) is 0 Å². The van der Waals surface area contributed by atoms with E-state index in [1.54, 1.807) is 0 Å². The van der Waals surface area contributed by atoms with Gasteiger partial charge in [0.1, 0.15) is 0 Å². The number of rotatable bonds is 1. The summed E-state index contributed by atoms with van der Waals surface area (Å²) in [5.74, 6) is 0. The van der Waals surface area contributed by atoms with Gasteiger partial charge in [-0.15, -0.1) is 0 Å². The van der Waals surface area contributed by atoms with Gasteiger partial charge in [-0.2, -0.15) is 0 Å². The summed E-state index contributed by atoms with van der Waals surface area (Å²) in [6, 6.07) is 4.69. The third kappa shape index (κ3) is 2.69. The maximum atomic E-state index is 5.44. The Morgan fingerprint density at radius 3 is 1.94 bits per heavy atom. The van der Waals surface area contributed by atoms with E-state index in [0.717, 1.165) is 26.3 Å². The zero-order chi connectivity index (χ0) is 13.3. The van der Waals surface area contributed by atoms with Crippen LogP contribution >= 0.6 is 0 Å². The molecule has 1 fully saturated rings. The molecule has 1 aromatic carbocycles. The second-order valence-corrected chi connectivity index (χ2v) is 6.31. The van der Waals surface area contributed by atoms with Crippen LogP contribution in [-0.2, 0) is 10.2 Å². The van der Waals surface area contributed by atoms with Crippen molar-refractivity contribution in [2.45, 2.75) is 40.0 Å². The molecule has 0 aromatic heterocycles. The molecular weight excluding hydrogens is 222 g/mol. The van der Waals surface area contributed by atoms with Gasteiger partial charge in [0, 0.05) is 18.8 Å². The predicted octanol–water partition coefficient (Wildman–Crippen LogP) is 3.44. The lowest BCUT2D eigenvalue weighted by molar-refractivity contribution is 0.122. The maximum Gasteiger partial charge on any atom is 0.0642 e. The molecule has 1 aliphatic rings. The molecule has 0 radical (unpaired) electrons. The first-order valence-corrected chi connectivity index (χ1v) is 6.84. The van der Waals surface area contributed by atoms with Gasteiger partial charge in [0.15, 0.2) is 0 Å². The molecule has 0 atom stereocenters. The van der Waals surface area contributed by atoms with E-state index in [1.807, 2.05) is 0 Å². The van der Waals surface area contributed by atoms with Crippen LogP contribution in [0.2, 0.25) is 0 Å². The highest BCUT2D eigenvalue weighted by molar-refractivity contribution is 5.61. The monoisotopic (exact) mass is 247 g/mol. The highest BCUT2D eigenvalue weighted by Crippen LogP contribution is 2.32. The molecule has 2 heteroatoms. The fourth-order valence-corrected chi connectivity index (χ4v) is 2.67. The van der Waals surface area contributed by atoms with Crippen molar-refractivity contribution in [3.05, 3.63) is 28.8 Å². The average molecular weight is 247 g/mol. The molecule has 1 heterocycles. The molecule has 1 saturated heterocycles. The second-order valence-electron chi connectivity index (χ2n) is 6.31. The van der Waals surface area contributed by atoms with Gasteiger partial charge < -0.3 is 9.64 Å². The number of benzene rings is 1. The fourth-order valence-electron chi connectivity index (χ4n) is 2.67. The Balaban J connectivity index is 2.37. The van der Waals surface area contributed by atoms with E-state index in [9.17, 15) is 0 Å². The Morgan fingerprint density at radius 1 is 1.00 bits per heavy atom. The summed E-state index contributed by atoms with van der Waals surface area (Å²) in [6.45, 7) is 15.0.